The minimum Gasteiger partial charge on any atom is -0.377 e. The van der Waals surface area contributed by atoms with Crippen molar-refractivity contribution in [1.82, 2.24) is 0 Å². The van der Waals surface area contributed by atoms with Gasteiger partial charge in [-0.3, -0.25) is 0 Å². The van der Waals surface area contributed by atoms with Crippen molar-refractivity contribution in [3.8, 4) is 0 Å². The van der Waals surface area contributed by atoms with Crippen LogP contribution in [0.1, 0.15) is 1.43 Å². The van der Waals surface area contributed by atoms with Crippen LogP contribution in [0, 0.1) is 0 Å². The number of rotatable bonds is 3. The van der Waals surface area contributed by atoms with Crippen LogP contribution in [-0.2, 0) is 13.3 Å². The molecule has 8 heavy (non-hydrogen) atoms. The molecule has 0 radical (unpaired) electrons. The van der Waals surface area contributed by atoms with Crippen molar-refractivity contribution in [3.05, 3.63) is 0 Å². The molecule has 0 N–H and O–H groups in total. The van der Waals surface area contributed by atoms with Crippen LogP contribution < -0.4 is 0 Å². The Morgan fingerprint density at radius 3 is 1.25 bits per heavy atom. The van der Waals surface area contributed by atoms with E-state index in [1.807, 2.05) is 6.55 Å². The maximum atomic E-state index is 4.93. The predicted molar refractivity (Wildman–Crippen MR) is 34.8 cm³/mol. The Hall–Kier alpha value is 0.0969. The minimum atomic E-state index is -2.17. The van der Waals surface area contributed by atoms with Crippen LogP contribution in [-0.4, -0.2) is 30.1 Å². The zero-order valence-corrected chi connectivity index (χ0v) is 6.72. The van der Waals surface area contributed by atoms with Crippen LogP contribution in [0.4, 0.5) is 0 Å². The lowest BCUT2D eigenvalue weighted by molar-refractivity contribution is 0.132. The number of hydrogen-bond donors (Lipinski definition) is 0. The molecule has 0 fully saturated rings. The Kier molecular flexibility index (Phi) is 3.23. The van der Waals surface area contributed by atoms with Gasteiger partial charge in [-0.1, -0.05) is 0 Å². The van der Waals surface area contributed by atoms with E-state index >= 15 is 0 Å². The van der Waals surface area contributed by atoms with Crippen molar-refractivity contribution in [1.29, 1.82) is 0 Å². The van der Waals surface area contributed by atoms with Gasteiger partial charge in [0, 0.05) is 29.3 Å². The Balaban J connectivity index is 0. The summed E-state index contributed by atoms with van der Waals surface area (Å²) in [6.45, 7) is 1.83. The molecule has 0 rings (SSSR count). The van der Waals surface area contributed by atoms with E-state index in [1.54, 1.807) is 21.3 Å². The highest BCUT2D eigenvalue weighted by atomic mass is 28.4. The topological polar surface area (TPSA) is 27.7 Å². The van der Waals surface area contributed by atoms with Gasteiger partial charge in [-0.05, 0) is 0 Å². The normalized spacial score (nSPS) is 12.0. The first-order chi connectivity index (χ1) is 3.68. The average molecular weight is 138 g/mol. The molecule has 0 spiro atoms. The summed E-state index contributed by atoms with van der Waals surface area (Å²) in [5, 5.41) is 0. The van der Waals surface area contributed by atoms with Gasteiger partial charge >= 0.3 is 8.80 Å². The van der Waals surface area contributed by atoms with Gasteiger partial charge in [0.2, 0.25) is 0 Å². The quantitative estimate of drug-likeness (QED) is 0.538. The maximum Gasteiger partial charge on any atom is 0.496 e. The summed E-state index contributed by atoms with van der Waals surface area (Å²) in [7, 11) is 2.58. The van der Waals surface area contributed by atoms with Crippen LogP contribution in [0.25, 0.3) is 0 Å². The molecule has 0 saturated heterocycles. The molecule has 0 aromatic heterocycles. The van der Waals surface area contributed by atoms with Gasteiger partial charge < -0.3 is 13.3 Å². The zero-order chi connectivity index (χ0) is 6.62. The molecule has 0 bridgehead atoms. The third-order valence-corrected chi connectivity index (χ3v) is 3.34. The van der Waals surface area contributed by atoms with Crippen LogP contribution in [0.5, 0.6) is 0 Å². The first-order valence-corrected chi connectivity index (χ1v) is 4.56. The van der Waals surface area contributed by atoms with Crippen molar-refractivity contribution in [2.24, 2.45) is 0 Å². The molecule has 0 heterocycles. The monoisotopic (exact) mass is 138 g/mol. The summed E-state index contributed by atoms with van der Waals surface area (Å²) in [5.41, 5.74) is 0. The summed E-state index contributed by atoms with van der Waals surface area (Å²) in [6, 6.07) is 0. The molecule has 0 aliphatic rings. The molecule has 0 aliphatic carbocycles. The van der Waals surface area contributed by atoms with Crippen LogP contribution in [0.15, 0.2) is 0 Å². The van der Waals surface area contributed by atoms with E-state index in [9.17, 15) is 0 Å². The summed E-state index contributed by atoms with van der Waals surface area (Å²) in [4.78, 5) is 0. The van der Waals surface area contributed by atoms with Crippen molar-refractivity contribution >= 4 is 8.80 Å². The van der Waals surface area contributed by atoms with Crippen molar-refractivity contribution in [2.45, 2.75) is 6.55 Å². The molecule has 0 saturated carbocycles. The van der Waals surface area contributed by atoms with Gasteiger partial charge in [-0.2, -0.15) is 0 Å². The summed E-state index contributed by atoms with van der Waals surface area (Å²) in [6.07, 6.45) is 0. The summed E-state index contributed by atoms with van der Waals surface area (Å²) < 4.78 is 14.8. The van der Waals surface area contributed by atoms with Crippen molar-refractivity contribution in [3.63, 3.8) is 0 Å². The van der Waals surface area contributed by atoms with Gasteiger partial charge in [0.1, 0.15) is 0 Å². The van der Waals surface area contributed by atoms with Crippen molar-refractivity contribution in [2.75, 3.05) is 21.3 Å². The fourth-order valence-electron chi connectivity index (χ4n) is 0.250. The second-order valence-electron chi connectivity index (χ2n) is 1.47. The molecule has 3 nitrogen and oxygen atoms in total. The lowest BCUT2D eigenvalue weighted by Gasteiger charge is -2.18. The van der Waals surface area contributed by atoms with Gasteiger partial charge in [0.05, 0.1) is 0 Å². The van der Waals surface area contributed by atoms with E-state index in [0.29, 0.717) is 0 Å². The van der Waals surface area contributed by atoms with E-state index in [1.165, 1.54) is 0 Å². The van der Waals surface area contributed by atoms with E-state index in [2.05, 4.69) is 0 Å². The van der Waals surface area contributed by atoms with E-state index in [-0.39, 0.29) is 1.43 Å². The van der Waals surface area contributed by atoms with E-state index in [4.69, 9.17) is 13.3 Å². The third-order valence-electron chi connectivity index (χ3n) is 1.11. The molecular formula is C4H14O3Si. The standard InChI is InChI=1S/C4H12O3Si.H2/c1-5-8(4,6-2)7-3;/h1-4H3;1H. The van der Waals surface area contributed by atoms with Crippen LogP contribution in [0.3, 0.4) is 0 Å². The Morgan fingerprint density at radius 2 is 1.25 bits per heavy atom. The predicted octanol–water partition coefficient (Wildman–Crippen LogP) is 0.740. The van der Waals surface area contributed by atoms with Crippen LogP contribution in [0.2, 0.25) is 6.55 Å². The minimum absolute atomic E-state index is 0. The van der Waals surface area contributed by atoms with E-state index < -0.39 is 8.80 Å². The van der Waals surface area contributed by atoms with Gasteiger partial charge in [0.25, 0.3) is 0 Å². The lowest BCUT2D eigenvalue weighted by atomic mass is 11.8. The molecule has 0 aromatic carbocycles. The second kappa shape index (κ2) is 3.19. The van der Waals surface area contributed by atoms with Gasteiger partial charge in [0.15, 0.2) is 0 Å². The van der Waals surface area contributed by atoms with Gasteiger partial charge in [-0.15, -0.1) is 0 Å². The molecule has 0 amide bonds. The lowest BCUT2D eigenvalue weighted by Crippen LogP contribution is -2.38. The Bertz CT molecular complexity index is 58.6. The molecule has 4 heteroatoms. The largest absolute Gasteiger partial charge is 0.496 e. The number of hydrogen-bond acceptors (Lipinski definition) is 3. The first kappa shape index (κ1) is 8.10. The van der Waals surface area contributed by atoms with Crippen LogP contribution >= 0.6 is 0 Å². The highest BCUT2D eigenvalue weighted by Crippen LogP contribution is 2.02. The molecule has 0 aliphatic heterocycles. The molecule has 0 unspecified atom stereocenters. The molecule has 52 valence electrons. The summed E-state index contributed by atoms with van der Waals surface area (Å²) in [5.74, 6) is 0. The van der Waals surface area contributed by atoms with Gasteiger partial charge in [-0.25, -0.2) is 0 Å². The van der Waals surface area contributed by atoms with E-state index in [0.717, 1.165) is 0 Å². The molecular weight excluding hydrogens is 124 g/mol. The maximum absolute atomic E-state index is 4.93. The molecule has 0 atom stereocenters. The first-order valence-electron chi connectivity index (χ1n) is 2.34. The zero-order valence-electron chi connectivity index (χ0n) is 5.72. The Labute approximate surface area is 52.4 Å². The highest BCUT2D eigenvalue weighted by Gasteiger charge is 2.29. The SMILES string of the molecule is CO[Si](C)(OC)OC.[HH]. The third kappa shape index (κ3) is 1.91. The smallest absolute Gasteiger partial charge is 0.377 e. The second-order valence-corrected chi connectivity index (χ2v) is 4.42. The highest BCUT2D eigenvalue weighted by molar-refractivity contribution is 6.58. The fourth-order valence-corrected chi connectivity index (χ4v) is 0.750. The summed E-state index contributed by atoms with van der Waals surface area (Å²) >= 11 is 0. The fraction of sp³-hybridized carbons (Fsp3) is 1.00. The average Bonchev–Trinajstić information content (AvgIpc) is 1.87. The molecule has 0 aromatic rings. The Morgan fingerprint density at radius 1 is 1.00 bits per heavy atom. The van der Waals surface area contributed by atoms with Crippen molar-refractivity contribution < 1.29 is 14.7 Å².